The van der Waals surface area contributed by atoms with E-state index in [2.05, 4.69) is 16.6 Å². The molecule has 0 radical (unpaired) electrons. The van der Waals surface area contributed by atoms with Crippen molar-refractivity contribution in [2.24, 2.45) is 5.92 Å². The molecule has 1 aliphatic carbocycles. The summed E-state index contributed by atoms with van der Waals surface area (Å²) in [6.07, 6.45) is 2.87. The molecule has 9 heteroatoms. The molecule has 5 rings (SSSR count). The fourth-order valence-corrected chi connectivity index (χ4v) is 5.64. The smallest absolute Gasteiger partial charge is 0.271 e. The van der Waals surface area contributed by atoms with Gasteiger partial charge in [-0.1, -0.05) is 0 Å². The summed E-state index contributed by atoms with van der Waals surface area (Å²) < 4.78 is 25.9. The normalized spacial score (nSPS) is 20.4. The zero-order chi connectivity index (χ0) is 21.2. The fourth-order valence-electron chi connectivity index (χ4n) is 4.72. The highest BCUT2D eigenvalue weighted by atomic mass is 32.1. The van der Waals surface area contributed by atoms with Gasteiger partial charge in [-0.3, -0.25) is 14.0 Å². The van der Waals surface area contributed by atoms with Crippen LogP contribution in [0.2, 0.25) is 0 Å². The van der Waals surface area contributed by atoms with Crippen molar-refractivity contribution < 1.29 is 9.13 Å². The SMILES string of the molecule is CN[C@H](C)[C@@H]1CCN(c2c(F)cc3c(=O)c4c(=O)[nH]sc4n(C4CC4)c3c2OC)C1. The van der Waals surface area contributed by atoms with E-state index in [4.69, 9.17) is 4.74 Å². The summed E-state index contributed by atoms with van der Waals surface area (Å²) in [7, 11) is 3.46. The van der Waals surface area contributed by atoms with Crippen molar-refractivity contribution in [1.82, 2.24) is 14.3 Å². The Hall–Kier alpha value is -2.39. The zero-order valence-electron chi connectivity index (χ0n) is 17.3. The molecule has 1 saturated heterocycles. The minimum absolute atomic E-state index is 0.109. The van der Waals surface area contributed by atoms with Gasteiger partial charge in [-0.2, -0.15) is 0 Å². The highest BCUT2D eigenvalue weighted by Crippen LogP contribution is 2.46. The molecule has 2 aliphatic rings. The summed E-state index contributed by atoms with van der Waals surface area (Å²) >= 11 is 1.16. The Morgan fingerprint density at radius 1 is 1.33 bits per heavy atom. The zero-order valence-corrected chi connectivity index (χ0v) is 18.1. The molecule has 0 spiro atoms. The molecule has 1 saturated carbocycles. The molecule has 0 bridgehead atoms. The first kappa shape index (κ1) is 19.6. The fraction of sp³-hybridized carbons (Fsp3) is 0.524. The molecule has 160 valence electrons. The van der Waals surface area contributed by atoms with Gasteiger partial charge < -0.3 is 19.5 Å². The quantitative estimate of drug-likeness (QED) is 0.648. The summed E-state index contributed by atoms with van der Waals surface area (Å²) in [5.74, 6) is 0.301. The Morgan fingerprint density at radius 2 is 2.10 bits per heavy atom. The largest absolute Gasteiger partial charge is 0.492 e. The van der Waals surface area contributed by atoms with Gasteiger partial charge in [0.15, 0.2) is 11.6 Å². The van der Waals surface area contributed by atoms with E-state index in [1.54, 1.807) is 0 Å². The molecule has 2 aromatic heterocycles. The van der Waals surface area contributed by atoms with Crippen LogP contribution in [-0.2, 0) is 0 Å². The lowest BCUT2D eigenvalue weighted by Crippen LogP contribution is -2.33. The summed E-state index contributed by atoms with van der Waals surface area (Å²) in [5, 5.41) is 3.60. The number of nitrogens with one attached hydrogen (secondary N) is 2. The van der Waals surface area contributed by atoms with Gasteiger partial charge in [-0.25, -0.2) is 4.39 Å². The van der Waals surface area contributed by atoms with Crippen LogP contribution in [0.5, 0.6) is 5.75 Å². The van der Waals surface area contributed by atoms with Crippen LogP contribution in [0, 0.1) is 11.7 Å². The summed E-state index contributed by atoms with van der Waals surface area (Å²) in [5.41, 5.74) is 0.149. The molecular formula is C21H25FN4O3S. The Balaban J connectivity index is 1.79. The number of ether oxygens (including phenoxy) is 1. The second-order valence-electron chi connectivity index (χ2n) is 8.35. The number of pyridine rings is 1. The number of fused-ring (bicyclic) bond motifs is 2. The van der Waals surface area contributed by atoms with Crippen molar-refractivity contribution in [3.05, 3.63) is 32.5 Å². The standard InChI is InChI=1S/C21H25FN4O3S/c1-10(23-2)11-6-7-25(9-11)17-14(22)8-13-16(19(17)29-3)26(12-4-5-12)21-15(18(13)27)20(28)24-30-21/h8,10-12,23H,4-7,9H2,1-3H3,(H,24,28)/t10-,11-/m1/s1. The number of aromatic amines is 1. The first-order valence-electron chi connectivity index (χ1n) is 10.3. The summed E-state index contributed by atoms with van der Waals surface area (Å²) in [4.78, 5) is 28.0. The van der Waals surface area contributed by atoms with E-state index in [0.29, 0.717) is 40.3 Å². The second kappa shape index (κ2) is 7.09. The van der Waals surface area contributed by atoms with Gasteiger partial charge in [0.1, 0.15) is 15.9 Å². The first-order valence-corrected chi connectivity index (χ1v) is 11.2. The van der Waals surface area contributed by atoms with Gasteiger partial charge in [-0.15, -0.1) is 0 Å². The molecule has 2 N–H and O–H groups in total. The molecule has 2 fully saturated rings. The first-order chi connectivity index (χ1) is 14.5. The lowest BCUT2D eigenvalue weighted by atomic mass is 10.0. The Bertz CT molecular complexity index is 1260. The van der Waals surface area contributed by atoms with Crippen molar-refractivity contribution in [3.8, 4) is 5.75 Å². The molecule has 3 heterocycles. The average Bonchev–Trinajstić information content (AvgIpc) is 3.33. The third kappa shape index (κ3) is 2.79. The van der Waals surface area contributed by atoms with Crippen LogP contribution in [0.15, 0.2) is 15.7 Å². The van der Waals surface area contributed by atoms with Crippen LogP contribution in [0.25, 0.3) is 21.1 Å². The number of hydrogen-bond acceptors (Lipinski definition) is 6. The van der Waals surface area contributed by atoms with E-state index in [1.807, 2.05) is 16.5 Å². The molecule has 2 atom stereocenters. The van der Waals surface area contributed by atoms with Gasteiger partial charge in [0.25, 0.3) is 5.56 Å². The number of halogens is 1. The summed E-state index contributed by atoms with van der Waals surface area (Å²) in [6, 6.07) is 1.80. The number of anilines is 1. The monoisotopic (exact) mass is 432 g/mol. The van der Waals surface area contributed by atoms with Gasteiger partial charge in [0.2, 0.25) is 5.43 Å². The van der Waals surface area contributed by atoms with Crippen molar-refractivity contribution >= 4 is 38.3 Å². The number of nitrogens with zero attached hydrogens (tertiary/aromatic N) is 2. The molecule has 0 amide bonds. The highest BCUT2D eigenvalue weighted by Gasteiger charge is 2.35. The van der Waals surface area contributed by atoms with E-state index in [0.717, 1.165) is 37.3 Å². The predicted octanol–water partition coefficient (Wildman–Crippen LogP) is 2.82. The van der Waals surface area contributed by atoms with Gasteiger partial charge in [0.05, 0.1) is 18.0 Å². The number of H-pyrrole nitrogens is 1. The van der Waals surface area contributed by atoms with Crippen LogP contribution >= 0.6 is 11.5 Å². The molecule has 7 nitrogen and oxygen atoms in total. The molecule has 1 aliphatic heterocycles. The third-order valence-corrected chi connectivity index (χ3v) is 7.50. The van der Waals surface area contributed by atoms with E-state index in [1.165, 1.54) is 13.2 Å². The van der Waals surface area contributed by atoms with Crippen molar-refractivity contribution in [2.45, 2.75) is 38.3 Å². The average molecular weight is 433 g/mol. The van der Waals surface area contributed by atoms with Crippen LogP contribution in [0.1, 0.15) is 32.2 Å². The van der Waals surface area contributed by atoms with Gasteiger partial charge >= 0.3 is 0 Å². The number of hydrogen-bond donors (Lipinski definition) is 2. The van der Waals surface area contributed by atoms with Crippen LogP contribution in [0.3, 0.4) is 0 Å². The predicted molar refractivity (Wildman–Crippen MR) is 118 cm³/mol. The minimum atomic E-state index is -0.484. The Morgan fingerprint density at radius 3 is 2.77 bits per heavy atom. The number of methoxy groups -OCH3 is 1. The van der Waals surface area contributed by atoms with Crippen molar-refractivity contribution in [2.75, 3.05) is 32.1 Å². The van der Waals surface area contributed by atoms with E-state index < -0.39 is 16.8 Å². The minimum Gasteiger partial charge on any atom is -0.492 e. The van der Waals surface area contributed by atoms with E-state index >= 15 is 4.39 Å². The van der Waals surface area contributed by atoms with Crippen LogP contribution < -0.4 is 25.9 Å². The molecule has 30 heavy (non-hydrogen) atoms. The van der Waals surface area contributed by atoms with E-state index in [9.17, 15) is 9.59 Å². The maximum absolute atomic E-state index is 15.4. The molecule has 1 aromatic carbocycles. The molecule has 0 unspecified atom stereocenters. The summed E-state index contributed by atoms with van der Waals surface area (Å²) in [6.45, 7) is 3.58. The lowest BCUT2D eigenvalue weighted by Gasteiger charge is -2.25. The van der Waals surface area contributed by atoms with E-state index in [-0.39, 0.29) is 16.8 Å². The third-order valence-electron chi connectivity index (χ3n) is 6.61. The Labute approximate surface area is 176 Å². The van der Waals surface area contributed by atoms with Crippen molar-refractivity contribution in [3.63, 3.8) is 0 Å². The van der Waals surface area contributed by atoms with Crippen LogP contribution in [0.4, 0.5) is 10.1 Å². The number of aromatic nitrogens is 2. The molecular weight excluding hydrogens is 407 g/mol. The van der Waals surface area contributed by atoms with Gasteiger partial charge in [0, 0.05) is 25.2 Å². The van der Waals surface area contributed by atoms with Crippen molar-refractivity contribution in [1.29, 1.82) is 0 Å². The van der Waals surface area contributed by atoms with Gasteiger partial charge in [-0.05, 0) is 56.8 Å². The number of rotatable bonds is 5. The Kier molecular flexibility index (Phi) is 4.62. The maximum atomic E-state index is 15.4. The number of benzene rings is 1. The maximum Gasteiger partial charge on any atom is 0.271 e. The van der Waals surface area contributed by atoms with Crippen LogP contribution in [-0.4, -0.2) is 42.2 Å². The second-order valence-corrected chi connectivity index (χ2v) is 9.15. The molecule has 3 aromatic rings. The highest BCUT2D eigenvalue weighted by molar-refractivity contribution is 7.12. The lowest BCUT2D eigenvalue weighted by molar-refractivity contribution is 0.411. The topological polar surface area (TPSA) is 79.4 Å².